The summed E-state index contributed by atoms with van der Waals surface area (Å²) in [6.07, 6.45) is 0.608. The summed E-state index contributed by atoms with van der Waals surface area (Å²) in [6, 6.07) is 9.87. The molecule has 0 bridgehead atoms. The van der Waals surface area contributed by atoms with E-state index in [2.05, 4.69) is 10.6 Å². The zero-order valence-electron chi connectivity index (χ0n) is 25.1. The van der Waals surface area contributed by atoms with E-state index < -0.39 is 17.8 Å². The summed E-state index contributed by atoms with van der Waals surface area (Å²) in [4.78, 5) is 29.8. The average Bonchev–Trinajstić information content (AvgIpc) is 3.00. The summed E-state index contributed by atoms with van der Waals surface area (Å²) in [5.74, 6) is 0.253. The number of halogens is 3. The maximum atomic E-state index is 13.5. The lowest BCUT2D eigenvalue weighted by molar-refractivity contribution is -0.137. The fourth-order valence-corrected chi connectivity index (χ4v) is 5.81. The number of rotatable bonds is 8. The second-order valence-corrected chi connectivity index (χ2v) is 12.0. The van der Waals surface area contributed by atoms with Crippen molar-refractivity contribution in [2.24, 2.45) is 5.92 Å². The van der Waals surface area contributed by atoms with Crippen LogP contribution in [0.1, 0.15) is 62.6 Å². The van der Waals surface area contributed by atoms with Crippen LogP contribution >= 0.6 is 0 Å². The number of nitrogens with zero attached hydrogens (tertiary/aromatic N) is 2. The summed E-state index contributed by atoms with van der Waals surface area (Å²) in [7, 11) is 1.87. The highest BCUT2D eigenvalue weighted by atomic mass is 19.4. The minimum absolute atomic E-state index is 0.0419. The number of aliphatic hydroxyl groups is 1. The van der Waals surface area contributed by atoms with Gasteiger partial charge >= 0.3 is 12.2 Å². The van der Waals surface area contributed by atoms with Gasteiger partial charge in [0, 0.05) is 42.8 Å². The molecule has 3 N–H and O–H groups in total. The Bertz CT molecular complexity index is 1230. The van der Waals surface area contributed by atoms with Gasteiger partial charge in [0.05, 0.1) is 24.6 Å². The van der Waals surface area contributed by atoms with Gasteiger partial charge in [0.15, 0.2) is 0 Å². The fraction of sp³-hybridized carbons (Fsp3) is 0.562. The first-order valence-electron chi connectivity index (χ1n) is 15.0. The summed E-state index contributed by atoms with van der Waals surface area (Å²) in [5.41, 5.74) is 1.22. The summed E-state index contributed by atoms with van der Waals surface area (Å²) in [5, 5.41) is 15.8. The van der Waals surface area contributed by atoms with Crippen LogP contribution in [0.2, 0.25) is 0 Å². The summed E-state index contributed by atoms with van der Waals surface area (Å²) in [6.45, 7) is 4.81. The summed E-state index contributed by atoms with van der Waals surface area (Å²) < 4.78 is 45.5. The zero-order valence-corrected chi connectivity index (χ0v) is 25.1. The molecule has 0 radical (unpaired) electrons. The second-order valence-electron chi connectivity index (χ2n) is 12.0. The van der Waals surface area contributed by atoms with E-state index in [1.165, 1.54) is 18.6 Å². The quantitative estimate of drug-likeness (QED) is 0.373. The van der Waals surface area contributed by atoms with Crippen LogP contribution in [0.4, 0.5) is 23.7 Å². The Kier molecular flexibility index (Phi) is 10.9. The van der Waals surface area contributed by atoms with E-state index in [9.17, 15) is 27.9 Å². The SMILES string of the molecule is C[C@@H]1CN([C@H](C)CO)C(=O)Cc2cc(NC(=O)NC3CCCCC3)ccc2O[C@@H]1CN(C)Cc1ccc(C(F)(F)F)cc1. The topological polar surface area (TPSA) is 94.1 Å². The van der Waals surface area contributed by atoms with Gasteiger partial charge in [-0.15, -0.1) is 0 Å². The van der Waals surface area contributed by atoms with Crippen LogP contribution < -0.4 is 15.4 Å². The van der Waals surface area contributed by atoms with Crippen molar-refractivity contribution in [3.63, 3.8) is 0 Å². The van der Waals surface area contributed by atoms with Gasteiger partial charge in [-0.2, -0.15) is 13.2 Å². The van der Waals surface area contributed by atoms with Crippen molar-refractivity contribution in [1.82, 2.24) is 15.1 Å². The Morgan fingerprint density at radius 1 is 1.14 bits per heavy atom. The smallest absolute Gasteiger partial charge is 0.416 e. The first-order valence-corrected chi connectivity index (χ1v) is 15.0. The highest BCUT2D eigenvalue weighted by Gasteiger charge is 2.32. The first kappa shape index (κ1) is 32.6. The van der Waals surface area contributed by atoms with E-state index >= 15 is 0 Å². The molecule has 11 heteroatoms. The fourth-order valence-electron chi connectivity index (χ4n) is 5.81. The normalized spacial score (nSPS) is 20.8. The number of anilines is 1. The van der Waals surface area contributed by atoms with Crippen molar-refractivity contribution in [1.29, 1.82) is 0 Å². The van der Waals surface area contributed by atoms with Gasteiger partial charge in [0.1, 0.15) is 11.9 Å². The Morgan fingerprint density at radius 2 is 1.84 bits per heavy atom. The maximum absolute atomic E-state index is 13.5. The largest absolute Gasteiger partial charge is 0.488 e. The molecular weight excluding hydrogens is 561 g/mol. The Labute approximate surface area is 251 Å². The van der Waals surface area contributed by atoms with Crippen molar-refractivity contribution in [3.8, 4) is 5.75 Å². The van der Waals surface area contributed by atoms with Crippen LogP contribution in [0.25, 0.3) is 0 Å². The minimum atomic E-state index is -4.39. The molecule has 8 nitrogen and oxygen atoms in total. The number of fused-ring (bicyclic) bond motifs is 1. The number of hydrogen-bond donors (Lipinski definition) is 3. The van der Waals surface area contributed by atoms with Gasteiger partial charge in [-0.25, -0.2) is 4.79 Å². The number of nitrogens with one attached hydrogen (secondary N) is 2. The molecule has 4 rings (SSSR count). The monoisotopic (exact) mass is 604 g/mol. The van der Waals surface area contributed by atoms with Crippen molar-refractivity contribution < 1.29 is 32.6 Å². The molecular formula is C32H43F3N4O4. The molecule has 1 saturated carbocycles. The number of hydrogen-bond acceptors (Lipinski definition) is 5. The van der Waals surface area contributed by atoms with Crippen LogP contribution in [0, 0.1) is 5.92 Å². The number of aliphatic hydroxyl groups excluding tert-OH is 1. The van der Waals surface area contributed by atoms with Crippen molar-refractivity contribution >= 4 is 17.6 Å². The van der Waals surface area contributed by atoms with Crippen molar-refractivity contribution in [2.45, 2.75) is 83.3 Å². The Morgan fingerprint density at radius 3 is 2.49 bits per heavy atom. The molecule has 2 aromatic carbocycles. The third-order valence-electron chi connectivity index (χ3n) is 8.34. The number of urea groups is 1. The highest BCUT2D eigenvalue weighted by molar-refractivity contribution is 5.90. The lowest BCUT2D eigenvalue weighted by Gasteiger charge is -2.34. The Balaban J connectivity index is 1.52. The lowest BCUT2D eigenvalue weighted by Crippen LogP contribution is -2.47. The molecule has 3 amide bonds. The molecule has 3 atom stereocenters. The van der Waals surface area contributed by atoms with E-state index in [0.717, 1.165) is 43.4 Å². The van der Waals surface area contributed by atoms with Gasteiger partial charge in [-0.3, -0.25) is 9.69 Å². The second kappa shape index (κ2) is 14.4. The standard InChI is InChI=1S/C32H43F3N4O4/c1-21-17-39(22(2)20-40)30(41)16-24-15-27(37-31(42)36-26-7-5-4-6-8-26)13-14-28(24)43-29(21)19-38(3)18-23-9-11-25(12-10-23)32(33,34)35/h9-15,21-22,26,29,40H,4-8,16-20H2,1-3H3,(H2,36,37,42)/t21-,22-,29-/m1/s1. The Hall–Kier alpha value is -3.31. The maximum Gasteiger partial charge on any atom is 0.416 e. The van der Waals surface area contributed by atoms with E-state index in [0.29, 0.717) is 36.6 Å². The number of likely N-dealkylation sites (N-methyl/N-ethyl adjacent to an activating group) is 1. The average molecular weight is 605 g/mol. The van der Waals surface area contributed by atoms with Crippen molar-refractivity contribution in [3.05, 3.63) is 59.2 Å². The summed E-state index contributed by atoms with van der Waals surface area (Å²) >= 11 is 0. The predicted octanol–water partition coefficient (Wildman–Crippen LogP) is 5.44. The van der Waals surface area contributed by atoms with E-state index in [1.807, 2.05) is 18.9 Å². The van der Waals surface area contributed by atoms with Crippen LogP contribution in [0.5, 0.6) is 5.75 Å². The van der Waals surface area contributed by atoms with Crippen LogP contribution in [0.3, 0.4) is 0 Å². The van der Waals surface area contributed by atoms with Gasteiger partial charge < -0.3 is 25.4 Å². The number of amides is 3. The van der Waals surface area contributed by atoms with Crippen LogP contribution in [0.15, 0.2) is 42.5 Å². The highest BCUT2D eigenvalue weighted by Crippen LogP contribution is 2.31. The first-order chi connectivity index (χ1) is 20.4. The molecule has 2 aromatic rings. The lowest BCUT2D eigenvalue weighted by atomic mass is 9.96. The third kappa shape index (κ3) is 9.09. The van der Waals surface area contributed by atoms with Gasteiger partial charge in [-0.1, -0.05) is 38.3 Å². The van der Waals surface area contributed by atoms with Crippen LogP contribution in [-0.4, -0.2) is 71.8 Å². The van der Waals surface area contributed by atoms with E-state index in [1.54, 1.807) is 30.0 Å². The molecule has 1 fully saturated rings. The molecule has 0 aromatic heterocycles. The zero-order chi connectivity index (χ0) is 31.1. The molecule has 0 unspecified atom stereocenters. The molecule has 1 aliphatic carbocycles. The van der Waals surface area contributed by atoms with Gasteiger partial charge in [0.25, 0.3) is 0 Å². The van der Waals surface area contributed by atoms with Crippen LogP contribution in [-0.2, 0) is 23.9 Å². The minimum Gasteiger partial charge on any atom is -0.488 e. The number of carbonyl (C=O) groups excluding carboxylic acids is 2. The molecule has 2 aliphatic rings. The predicted molar refractivity (Wildman–Crippen MR) is 159 cm³/mol. The molecule has 0 saturated heterocycles. The van der Waals surface area contributed by atoms with Gasteiger partial charge in [-0.05, 0) is 62.7 Å². The van der Waals surface area contributed by atoms with E-state index in [-0.39, 0.29) is 43.0 Å². The number of ether oxygens (including phenoxy) is 1. The number of benzene rings is 2. The molecule has 43 heavy (non-hydrogen) atoms. The molecule has 0 spiro atoms. The number of alkyl halides is 3. The van der Waals surface area contributed by atoms with Crippen molar-refractivity contribution in [2.75, 3.05) is 32.1 Å². The molecule has 1 heterocycles. The number of carbonyl (C=O) groups is 2. The van der Waals surface area contributed by atoms with E-state index in [4.69, 9.17) is 4.74 Å². The van der Waals surface area contributed by atoms with Gasteiger partial charge in [0.2, 0.25) is 5.91 Å². The third-order valence-corrected chi connectivity index (χ3v) is 8.34. The molecule has 236 valence electrons. The molecule has 1 aliphatic heterocycles.